The minimum absolute atomic E-state index is 0.438. The van der Waals surface area contributed by atoms with Gasteiger partial charge in [0.25, 0.3) is 0 Å². The lowest BCUT2D eigenvalue weighted by molar-refractivity contribution is -0.0676. The van der Waals surface area contributed by atoms with E-state index >= 15 is 0 Å². The molecule has 2 aliphatic rings. The van der Waals surface area contributed by atoms with Crippen molar-refractivity contribution in [3.05, 3.63) is 18.1 Å². The number of fused-ring (bicyclic) bond motifs is 1. The van der Waals surface area contributed by atoms with Crippen molar-refractivity contribution in [3.63, 3.8) is 0 Å². The van der Waals surface area contributed by atoms with Gasteiger partial charge in [0, 0.05) is 19.3 Å². The largest absolute Gasteiger partial charge is 0.389 e. The molecule has 4 rings (SSSR count). The molecule has 0 aromatic carbocycles. The molecule has 2 fully saturated rings. The molecule has 0 atom stereocenters. The summed E-state index contributed by atoms with van der Waals surface area (Å²) in [5.41, 5.74) is 1.75. The Morgan fingerprint density at radius 1 is 1.32 bits per heavy atom. The zero-order chi connectivity index (χ0) is 15.2. The molecule has 0 radical (unpaired) electrons. The number of anilines is 1. The average Bonchev–Trinajstić information content (AvgIpc) is 2.89. The quantitative estimate of drug-likeness (QED) is 0.914. The number of nitrogens with one attached hydrogen (secondary N) is 1. The topological polar surface area (TPSA) is 65.0 Å². The van der Waals surface area contributed by atoms with Gasteiger partial charge in [-0.1, -0.05) is 13.3 Å². The summed E-state index contributed by atoms with van der Waals surface area (Å²) in [4.78, 5) is 14.5. The maximum absolute atomic E-state index is 10.9. The van der Waals surface area contributed by atoms with E-state index in [1.165, 1.54) is 24.8 Å². The third-order valence-electron chi connectivity index (χ3n) is 5.71. The number of aromatic amines is 1. The lowest BCUT2D eigenvalue weighted by Gasteiger charge is -2.46. The molecule has 5 nitrogen and oxygen atoms in total. The SMILES string of the molecule is CCc1c[nH]c2ncnc(N3CCC(O)(C4CCC4)CC3)c12. The van der Waals surface area contributed by atoms with E-state index in [2.05, 4.69) is 26.8 Å². The van der Waals surface area contributed by atoms with Crippen LogP contribution < -0.4 is 4.90 Å². The average molecular weight is 300 g/mol. The first-order valence-electron chi connectivity index (χ1n) is 8.49. The highest BCUT2D eigenvalue weighted by atomic mass is 16.3. The molecule has 5 heteroatoms. The van der Waals surface area contributed by atoms with E-state index < -0.39 is 5.60 Å². The number of aliphatic hydroxyl groups is 1. The molecule has 1 aliphatic heterocycles. The second-order valence-corrected chi connectivity index (χ2v) is 6.81. The molecule has 22 heavy (non-hydrogen) atoms. The van der Waals surface area contributed by atoms with Gasteiger partial charge in [-0.3, -0.25) is 0 Å². The summed E-state index contributed by atoms with van der Waals surface area (Å²) in [7, 11) is 0. The van der Waals surface area contributed by atoms with E-state index in [4.69, 9.17) is 0 Å². The van der Waals surface area contributed by atoms with Gasteiger partial charge in [0.1, 0.15) is 17.8 Å². The molecule has 0 bridgehead atoms. The summed E-state index contributed by atoms with van der Waals surface area (Å²) in [5.74, 6) is 1.55. The number of hydrogen-bond donors (Lipinski definition) is 2. The maximum Gasteiger partial charge on any atom is 0.143 e. The van der Waals surface area contributed by atoms with Crippen molar-refractivity contribution < 1.29 is 5.11 Å². The van der Waals surface area contributed by atoms with Gasteiger partial charge in [0.15, 0.2) is 0 Å². The molecule has 2 aromatic rings. The molecule has 0 amide bonds. The van der Waals surface area contributed by atoms with Crippen LogP contribution in [0.3, 0.4) is 0 Å². The van der Waals surface area contributed by atoms with E-state index in [0.717, 1.165) is 49.2 Å². The van der Waals surface area contributed by atoms with Gasteiger partial charge in [-0.15, -0.1) is 0 Å². The number of hydrogen-bond acceptors (Lipinski definition) is 4. The molecule has 3 heterocycles. The van der Waals surface area contributed by atoms with Gasteiger partial charge in [-0.2, -0.15) is 0 Å². The first kappa shape index (κ1) is 14.0. The Morgan fingerprint density at radius 2 is 2.09 bits per heavy atom. The Bertz CT molecular complexity index is 668. The van der Waals surface area contributed by atoms with Crippen LogP contribution in [-0.4, -0.2) is 38.7 Å². The minimum atomic E-state index is -0.438. The summed E-state index contributed by atoms with van der Waals surface area (Å²) in [5, 5.41) is 12.0. The first-order chi connectivity index (χ1) is 10.7. The zero-order valence-electron chi connectivity index (χ0n) is 13.2. The lowest BCUT2D eigenvalue weighted by Crippen LogP contribution is -2.51. The van der Waals surface area contributed by atoms with Crippen LogP contribution in [0.4, 0.5) is 5.82 Å². The zero-order valence-corrected chi connectivity index (χ0v) is 13.2. The number of aromatic nitrogens is 3. The molecule has 0 unspecified atom stereocenters. The van der Waals surface area contributed by atoms with Crippen LogP contribution in [0.15, 0.2) is 12.5 Å². The molecular formula is C17H24N4O. The number of nitrogens with zero attached hydrogens (tertiary/aromatic N) is 3. The third-order valence-corrected chi connectivity index (χ3v) is 5.71. The van der Waals surface area contributed by atoms with Crippen LogP contribution in [-0.2, 0) is 6.42 Å². The van der Waals surface area contributed by atoms with Crippen molar-refractivity contribution in [2.45, 2.75) is 51.0 Å². The minimum Gasteiger partial charge on any atom is -0.389 e. The number of rotatable bonds is 3. The van der Waals surface area contributed by atoms with Gasteiger partial charge in [-0.05, 0) is 43.6 Å². The van der Waals surface area contributed by atoms with Gasteiger partial charge in [0.2, 0.25) is 0 Å². The summed E-state index contributed by atoms with van der Waals surface area (Å²) in [6, 6.07) is 0. The fourth-order valence-corrected chi connectivity index (χ4v) is 3.99. The summed E-state index contributed by atoms with van der Waals surface area (Å²) < 4.78 is 0. The Balaban J connectivity index is 1.60. The Hall–Kier alpha value is -1.62. The van der Waals surface area contributed by atoms with Crippen LogP contribution in [0.5, 0.6) is 0 Å². The summed E-state index contributed by atoms with van der Waals surface area (Å²) in [6.07, 6.45) is 10.0. The second-order valence-electron chi connectivity index (χ2n) is 6.81. The molecule has 0 spiro atoms. The fourth-order valence-electron chi connectivity index (χ4n) is 3.99. The predicted octanol–water partition coefficient (Wildman–Crippen LogP) is 2.65. The van der Waals surface area contributed by atoms with E-state index in [9.17, 15) is 5.11 Å². The van der Waals surface area contributed by atoms with E-state index in [0.29, 0.717) is 5.92 Å². The van der Waals surface area contributed by atoms with Crippen molar-refractivity contribution in [3.8, 4) is 0 Å². The molecule has 2 aromatic heterocycles. The van der Waals surface area contributed by atoms with E-state index in [-0.39, 0.29) is 0 Å². The summed E-state index contributed by atoms with van der Waals surface area (Å²) in [6.45, 7) is 3.92. The molecule has 118 valence electrons. The van der Waals surface area contributed by atoms with Crippen LogP contribution >= 0.6 is 0 Å². The molecule has 1 saturated carbocycles. The maximum atomic E-state index is 10.9. The number of H-pyrrole nitrogens is 1. The standard InChI is InChI=1S/C17H24N4O/c1-2-12-10-18-15-14(12)16(20-11-19-15)21-8-6-17(22,7-9-21)13-4-3-5-13/h10-11,13,22H,2-9H2,1H3,(H,18,19,20). The first-order valence-corrected chi connectivity index (χ1v) is 8.49. The highest BCUT2D eigenvalue weighted by molar-refractivity contribution is 5.90. The highest BCUT2D eigenvalue weighted by Gasteiger charge is 2.42. The van der Waals surface area contributed by atoms with Crippen molar-refractivity contribution in [2.75, 3.05) is 18.0 Å². The Labute approximate surface area is 130 Å². The monoisotopic (exact) mass is 300 g/mol. The highest BCUT2D eigenvalue weighted by Crippen LogP contribution is 2.42. The smallest absolute Gasteiger partial charge is 0.143 e. The second kappa shape index (κ2) is 5.23. The van der Waals surface area contributed by atoms with Crippen molar-refractivity contribution in [1.82, 2.24) is 15.0 Å². The van der Waals surface area contributed by atoms with Gasteiger partial charge >= 0.3 is 0 Å². The van der Waals surface area contributed by atoms with Crippen molar-refractivity contribution in [1.29, 1.82) is 0 Å². The van der Waals surface area contributed by atoms with Crippen LogP contribution in [0.25, 0.3) is 11.0 Å². The number of piperidine rings is 1. The van der Waals surface area contributed by atoms with Gasteiger partial charge in [-0.25, -0.2) is 9.97 Å². The summed E-state index contributed by atoms with van der Waals surface area (Å²) >= 11 is 0. The third kappa shape index (κ3) is 2.10. The molecule has 2 N–H and O–H groups in total. The predicted molar refractivity (Wildman–Crippen MR) is 87.0 cm³/mol. The van der Waals surface area contributed by atoms with Crippen molar-refractivity contribution in [2.24, 2.45) is 5.92 Å². The van der Waals surface area contributed by atoms with E-state index in [1.807, 2.05) is 6.20 Å². The molecule has 1 aliphatic carbocycles. The van der Waals surface area contributed by atoms with Crippen LogP contribution in [0, 0.1) is 5.92 Å². The normalized spacial score (nSPS) is 22.0. The molecule has 1 saturated heterocycles. The lowest BCUT2D eigenvalue weighted by atomic mass is 9.69. The Kier molecular flexibility index (Phi) is 3.33. The molecular weight excluding hydrogens is 276 g/mol. The van der Waals surface area contributed by atoms with Gasteiger partial charge in [0.05, 0.1) is 11.0 Å². The van der Waals surface area contributed by atoms with Crippen LogP contribution in [0.2, 0.25) is 0 Å². The van der Waals surface area contributed by atoms with Gasteiger partial charge < -0.3 is 15.0 Å². The number of aryl methyl sites for hydroxylation is 1. The van der Waals surface area contributed by atoms with Crippen molar-refractivity contribution >= 4 is 16.9 Å². The van der Waals surface area contributed by atoms with E-state index in [1.54, 1.807) is 6.33 Å². The Morgan fingerprint density at radius 3 is 2.73 bits per heavy atom. The fraction of sp³-hybridized carbons (Fsp3) is 0.647. The van der Waals surface area contributed by atoms with Crippen LogP contribution in [0.1, 0.15) is 44.6 Å².